The number of carbonyl (C=O) groups is 3. The number of piperidine rings is 1. The smallest absolute Gasteiger partial charge is 0.324 e. The number of nitrogens with one attached hydrogen (secondary N) is 2. The molecule has 0 aromatic carbocycles. The van der Waals surface area contributed by atoms with Crippen molar-refractivity contribution in [1.82, 2.24) is 20.4 Å². The number of urea groups is 1. The van der Waals surface area contributed by atoms with Gasteiger partial charge in [-0.05, 0) is 39.2 Å². The van der Waals surface area contributed by atoms with E-state index in [4.69, 9.17) is 0 Å². The molecule has 2 unspecified atom stereocenters. The minimum atomic E-state index is -0.850. The van der Waals surface area contributed by atoms with Crippen LogP contribution in [0.5, 0.6) is 0 Å². The van der Waals surface area contributed by atoms with E-state index < -0.39 is 5.54 Å². The summed E-state index contributed by atoms with van der Waals surface area (Å²) in [6, 6.07) is 0.0334. The fourth-order valence-corrected chi connectivity index (χ4v) is 3.45. The molecule has 3 rings (SSSR count). The Balaban J connectivity index is 1.61. The van der Waals surface area contributed by atoms with Gasteiger partial charge in [-0.15, -0.1) is 0 Å². The van der Waals surface area contributed by atoms with Crippen LogP contribution >= 0.6 is 0 Å². The zero-order chi connectivity index (χ0) is 15.9. The van der Waals surface area contributed by atoms with Crippen molar-refractivity contribution in [3.05, 3.63) is 0 Å². The largest absolute Gasteiger partial charge is 0.352 e. The second-order valence-corrected chi connectivity index (χ2v) is 6.91. The van der Waals surface area contributed by atoms with Gasteiger partial charge in [0.15, 0.2) is 0 Å². The van der Waals surface area contributed by atoms with Gasteiger partial charge in [-0.1, -0.05) is 0 Å². The van der Waals surface area contributed by atoms with E-state index in [1.54, 1.807) is 6.92 Å². The quantitative estimate of drug-likeness (QED) is 0.712. The molecule has 22 heavy (non-hydrogen) atoms. The Morgan fingerprint density at radius 1 is 1.36 bits per heavy atom. The number of imide groups is 1. The zero-order valence-corrected chi connectivity index (χ0v) is 13.2. The van der Waals surface area contributed by atoms with Crippen molar-refractivity contribution < 1.29 is 14.4 Å². The second-order valence-electron chi connectivity index (χ2n) is 6.91. The average molecular weight is 308 g/mol. The first kappa shape index (κ1) is 15.3. The highest BCUT2D eigenvalue weighted by Crippen LogP contribution is 2.31. The second kappa shape index (κ2) is 5.53. The molecular weight excluding hydrogens is 284 g/mol. The lowest BCUT2D eigenvalue weighted by Gasteiger charge is -2.39. The van der Waals surface area contributed by atoms with E-state index in [0.717, 1.165) is 37.1 Å². The highest BCUT2D eigenvalue weighted by Gasteiger charge is 2.51. The molecule has 0 aromatic rings. The third-order valence-electron chi connectivity index (χ3n) is 5.05. The predicted octanol–water partition coefficient (Wildman–Crippen LogP) is -0.0827. The molecule has 0 bridgehead atoms. The lowest BCUT2D eigenvalue weighted by atomic mass is 9.80. The maximum Gasteiger partial charge on any atom is 0.324 e. The third-order valence-corrected chi connectivity index (χ3v) is 5.05. The minimum absolute atomic E-state index is 0.0383. The Kier molecular flexibility index (Phi) is 3.84. The fourth-order valence-electron chi connectivity index (χ4n) is 3.45. The minimum Gasteiger partial charge on any atom is -0.352 e. The SMILES string of the molecule is CN1C(=O)NC(C)(C2CCCN(CC(=O)NC3CC3)C2)C1=O. The van der Waals surface area contributed by atoms with E-state index in [1.165, 1.54) is 7.05 Å². The van der Waals surface area contributed by atoms with E-state index in [0.29, 0.717) is 19.1 Å². The van der Waals surface area contributed by atoms with Crippen LogP contribution in [0.4, 0.5) is 4.79 Å². The molecule has 2 heterocycles. The Morgan fingerprint density at radius 3 is 2.68 bits per heavy atom. The number of rotatable bonds is 4. The van der Waals surface area contributed by atoms with Crippen LogP contribution in [0, 0.1) is 5.92 Å². The van der Waals surface area contributed by atoms with Gasteiger partial charge in [-0.3, -0.25) is 19.4 Å². The summed E-state index contributed by atoms with van der Waals surface area (Å²) in [4.78, 5) is 39.3. The Morgan fingerprint density at radius 2 is 2.09 bits per heavy atom. The summed E-state index contributed by atoms with van der Waals surface area (Å²) in [5.41, 5.74) is -0.850. The molecular formula is C15H24N4O3. The molecule has 0 spiro atoms. The van der Waals surface area contributed by atoms with Crippen molar-refractivity contribution in [2.45, 2.75) is 44.2 Å². The van der Waals surface area contributed by atoms with Gasteiger partial charge in [0.25, 0.3) is 5.91 Å². The first-order valence-electron chi connectivity index (χ1n) is 8.02. The standard InChI is InChI=1S/C15H24N4O3/c1-15(13(21)18(2)14(22)17-15)10-4-3-7-19(8-10)9-12(20)16-11-5-6-11/h10-11H,3-9H2,1-2H3,(H,16,20)(H,17,22). The van der Waals surface area contributed by atoms with Crippen LogP contribution in [0.1, 0.15) is 32.6 Å². The van der Waals surface area contributed by atoms with Crippen LogP contribution in [0.15, 0.2) is 0 Å². The van der Waals surface area contributed by atoms with Gasteiger partial charge in [-0.25, -0.2) is 4.79 Å². The Bertz CT molecular complexity index is 505. The van der Waals surface area contributed by atoms with Gasteiger partial charge in [-0.2, -0.15) is 0 Å². The highest BCUT2D eigenvalue weighted by molar-refractivity contribution is 6.06. The average Bonchev–Trinajstić information content (AvgIpc) is 3.25. The first-order chi connectivity index (χ1) is 10.4. The topological polar surface area (TPSA) is 81.8 Å². The zero-order valence-electron chi connectivity index (χ0n) is 13.2. The number of hydrogen-bond acceptors (Lipinski definition) is 4. The molecule has 7 heteroatoms. The number of likely N-dealkylation sites (N-methyl/N-ethyl adjacent to an activating group) is 1. The molecule has 1 saturated carbocycles. The molecule has 7 nitrogen and oxygen atoms in total. The number of hydrogen-bond donors (Lipinski definition) is 2. The van der Waals surface area contributed by atoms with Crippen LogP contribution in [0.3, 0.4) is 0 Å². The van der Waals surface area contributed by atoms with Crippen LogP contribution in [0.25, 0.3) is 0 Å². The van der Waals surface area contributed by atoms with Crippen LogP contribution in [0.2, 0.25) is 0 Å². The van der Waals surface area contributed by atoms with Gasteiger partial charge in [0.1, 0.15) is 5.54 Å². The molecule has 2 N–H and O–H groups in total. The summed E-state index contributed by atoms with van der Waals surface area (Å²) in [5, 5.41) is 5.82. The van der Waals surface area contributed by atoms with Gasteiger partial charge >= 0.3 is 6.03 Å². The normalized spacial score (nSPS) is 33.0. The number of amides is 4. The summed E-state index contributed by atoms with van der Waals surface area (Å²) in [6.45, 7) is 3.70. The van der Waals surface area contributed by atoms with Crippen molar-refractivity contribution in [3.63, 3.8) is 0 Å². The first-order valence-corrected chi connectivity index (χ1v) is 8.02. The van der Waals surface area contributed by atoms with Crippen LogP contribution in [-0.2, 0) is 9.59 Å². The van der Waals surface area contributed by atoms with E-state index in [9.17, 15) is 14.4 Å². The van der Waals surface area contributed by atoms with E-state index >= 15 is 0 Å². The number of likely N-dealkylation sites (tertiary alicyclic amines) is 1. The monoisotopic (exact) mass is 308 g/mol. The van der Waals surface area contributed by atoms with Gasteiger partial charge < -0.3 is 10.6 Å². The maximum atomic E-state index is 12.4. The summed E-state index contributed by atoms with van der Waals surface area (Å²) >= 11 is 0. The molecule has 2 aliphatic heterocycles. The Labute approximate surface area is 130 Å². The molecule has 2 atom stereocenters. The molecule has 2 saturated heterocycles. The summed E-state index contributed by atoms with van der Waals surface area (Å²) in [6.07, 6.45) is 3.99. The molecule has 0 radical (unpaired) electrons. The predicted molar refractivity (Wildman–Crippen MR) is 80.0 cm³/mol. The Hall–Kier alpha value is -1.63. The van der Waals surface area contributed by atoms with Gasteiger partial charge in [0.05, 0.1) is 6.54 Å². The van der Waals surface area contributed by atoms with E-state index in [-0.39, 0.29) is 23.8 Å². The lowest BCUT2D eigenvalue weighted by Crippen LogP contribution is -2.56. The summed E-state index contributed by atoms with van der Waals surface area (Å²) in [7, 11) is 1.51. The summed E-state index contributed by atoms with van der Waals surface area (Å²) in [5.74, 6) is -0.0737. The molecule has 1 aliphatic carbocycles. The van der Waals surface area contributed by atoms with Crippen molar-refractivity contribution in [2.75, 3.05) is 26.7 Å². The maximum absolute atomic E-state index is 12.4. The van der Waals surface area contributed by atoms with Crippen LogP contribution in [-0.4, -0.2) is 65.9 Å². The highest BCUT2D eigenvalue weighted by atomic mass is 16.2. The van der Waals surface area contributed by atoms with E-state index in [1.807, 2.05) is 0 Å². The van der Waals surface area contributed by atoms with Crippen molar-refractivity contribution >= 4 is 17.8 Å². The molecule has 0 aromatic heterocycles. The van der Waals surface area contributed by atoms with Gasteiger partial charge in [0.2, 0.25) is 5.91 Å². The van der Waals surface area contributed by atoms with Crippen LogP contribution < -0.4 is 10.6 Å². The van der Waals surface area contributed by atoms with Gasteiger partial charge in [0, 0.05) is 25.6 Å². The number of nitrogens with zero attached hydrogens (tertiary/aromatic N) is 2. The van der Waals surface area contributed by atoms with Crippen molar-refractivity contribution in [2.24, 2.45) is 5.92 Å². The molecule has 3 aliphatic rings. The van der Waals surface area contributed by atoms with E-state index in [2.05, 4.69) is 15.5 Å². The fraction of sp³-hybridized carbons (Fsp3) is 0.800. The number of carbonyl (C=O) groups excluding carboxylic acids is 3. The molecule has 3 fully saturated rings. The third kappa shape index (κ3) is 2.82. The van der Waals surface area contributed by atoms with Crippen molar-refractivity contribution in [3.8, 4) is 0 Å². The molecule has 4 amide bonds. The molecule has 122 valence electrons. The van der Waals surface area contributed by atoms with Crippen molar-refractivity contribution in [1.29, 1.82) is 0 Å². The lowest BCUT2D eigenvalue weighted by molar-refractivity contribution is -0.132. The summed E-state index contributed by atoms with van der Waals surface area (Å²) < 4.78 is 0.